The number of hydrogen-bond donors (Lipinski definition) is 0. The Morgan fingerprint density at radius 1 is 1.08 bits per heavy atom. The van der Waals surface area contributed by atoms with Crippen LogP contribution in [0.3, 0.4) is 0 Å². The summed E-state index contributed by atoms with van der Waals surface area (Å²) < 4.78 is 38.5. The fourth-order valence-corrected chi connectivity index (χ4v) is 2.08. The second-order valence-corrected chi connectivity index (χ2v) is 3.61. The molecule has 0 aromatic heterocycles. The van der Waals surface area contributed by atoms with Gasteiger partial charge in [0.15, 0.2) is 17.5 Å². The molecule has 0 nitrogen and oxygen atoms in total. The van der Waals surface area contributed by atoms with Crippen molar-refractivity contribution in [1.29, 1.82) is 0 Å². The topological polar surface area (TPSA) is 0 Å². The summed E-state index contributed by atoms with van der Waals surface area (Å²) in [6, 6.07) is 0. The highest BCUT2D eigenvalue weighted by molar-refractivity contribution is 7.98. The van der Waals surface area contributed by atoms with Crippen molar-refractivity contribution in [2.75, 3.05) is 6.26 Å². The molecule has 1 aromatic rings. The summed E-state index contributed by atoms with van der Waals surface area (Å²) in [4.78, 5) is 0.234. The van der Waals surface area contributed by atoms with Gasteiger partial charge in [0.1, 0.15) is 0 Å². The lowest BCUT2D eigenvalue weighted by Crippen LogP contribution is -1.98. The van der Waals surface area contributed by atoms with Gasteiger partial charge in [-0.15, -0.1) is 11.8 Å². The highest BCUT2D eigenvalue weighted by Gasteiger charge is 2.20. The first kappa shape index (κ1) is 10.7. The van der Waals surface area contributed by atoms with E-state index in [1.54, 1.807) is 6.26 Å². The van der Waals surface area contributed by atoms with Gasteiger partial charge < -0.3 is 0 Å². The van der Waals surface area contributed by atoms with Crippen molar-refractivity contribution < 1.29 is 13.2 Å². The molecule has 0 N–H and O–H groups in total. The van der Waals surface area contributed by atoms with E-state index in [1.807, 2.05) is 0 Å². The van der Waals surface area contributed by atoms with Gasteiger partial charge in [-0.05, 0) is 13.2 Å². The van der Waals surface area contributed by atoms with E-state index >= 15 is 0 Å². The molecule has 0 aliphatic heterocycles. The van der Waals surface area contributed by atoms with Crippen LogP contribution in [0.2, 0.25) is 5.02 Å². The summed E-state index contributed by atoms with van der Waals surface area (Å²) in [5, 5.41) is -0.357. The summed E-state index contributed by atoms with van der Waals surface area (Å²) in [6.07, 6.45) is 1.62. The molecule has 0 saturated carbocycles. The maximum atomic E-state index is 12.9. The van der Waals surface area contributed by atoms with Crippen LogP contribution in [0, 0.1) is 24.4 Å². The van der Waals surface area contributed by atoms with Gasteiger partial charge in [0.05, 0.1) is 5.02 Å². The van der Waals surface area contributed by atoms with Gasteiger partial charge in [0.2, 0.25) is 0 Å². The van der Waals surface area contributed by atoms with E-state index in [1.165, 1.54) is 6.92 Å². The Morgan fingerprint density at radius 2 is 1.62 bits per heavy atom. The summed E-state index contributed by atoms with van der Waals surface area (Å²) >= 11 is 6.55. The number of thioether (sulfide) groups is 1. The van der Waals surface area contributed by atoms with E-state index in [2.05, 4.69) is 0 Å². The highest BCUT2D eigenvalue weighted by atomic mass is 35.5. The summed E-state index contributed by atoms with van der Waals surface area (Å²) in [7, 11) is 0. The molecule has 0 spiro atoms. The fourth-order valence-electron chi connectivity index (χ4n) is 0.964. The van der Waals surface area contributed by atoms with Crippen LogP contribution in [-0.4, -0.2) is 6.26 Å². The molecular formula is C8H6ClF3S. The molecule has 1 rings (SSSR count). The van der Waals surface area contributed by atoms with Crippen LogP contribution in [0.15, 0.2) is 4.90 Å². The molecule has 5 heteroatoms. The first-order valence-corrected chi connectivity index (χ1v) is 4.97. The highest BCUT2D eigenvalue weighted by Crippen LogP contribution is 2.34. The summed E-state index contributed by atoms with van der Waals surface area (Å²) in [5.74, 6) is -4.01. The SMILES string of the molecule is CSc1c(C)c(F)c(F)c(F)c1Cl. The van der Waals surface area contributed by atoms with Crippen molar-refractivity contribution in [3.8, 4) is 0 Å². The van der Waals surface area contributed by atoms with Gasteiger partial charge in [-0.1, -0.05) is 11.6 Å². The van der Waals surface area contributed by atoms with Crippen molar-refractivity contribution in [2.45, 2.75) is 11.8 Å². The van der Waals surface area contributed by atoms with Gasteiger partial charge in [0.25, 0.3) is 0 Å². The third kappa shape index (κ3) is 1.65. The number of hydrogen-bond acceptors (Lipinski definition) is 1. The lowest BCUT2D eigenvalue weighted by Gasteiger charge is -2.08. The second kappa shape index (κ2) is 3.80. The molecule has 1 aromatic carbocycles. The molecule has 0 amide bonds. The molecule has 0 fully saturated rings. The van der Waals surface area contributed by atoms with Crippen molar-refractivity contribution in [2.24, 2.45) is 0 Å². The standard InChI is InChI=1S/C8H6ClF3S/c1-3-5(10)7(12)6(11)4(9)8(3)13-2/h1-2H3. The molecule has 0 aliphatic rings. The molecule has 0 aliphatic carbocycles. The van der Waals surface area contributed by atoms with Crippen LogP contribution in [0.25, 0.3) is 0 Å². The maximum Gasteiger partial charge on any atom is 0.196 e. The first-order chi connectivity index (χ1) is 6.00. The van der Waals surface area contributed by atoms with Crippen LogP contribution in [-0.2, 0) is 0 Å². The quantitative estimate of drug-likeness (QED) is 0.399. The molecule has 0 saturated heterocycles. The summed E-state index contributed by atoms with van der Waals surface area (Å²) in [5.41, 5.74) is 0.0383. The van der Waals surface area contributed by atoms with Crippen molar-refractivity contribution >= 4 is 23.4 Å². The Kier molecular flexibility index (Phi) is 3.14. The number of benzene rings is 1. The lowest BCUT2D eigenvalue weighted by molar-refractivity contribution is 0.439. The molecule has 0 unspecified atom stereocenters. The van der Waals surface area contributed by atoms with Crippen LogP contribution in [0.5, 0.6) is 0 Å². The Morgan fingerprint density at radius 3 is 2.08 bits per heavy atom. The molecule has 72 valence electrons. The van der Waals surface area contributed by atoms with Crippen LogP contribution < -0.4 is 0 Å². The fraction of sp³-hybridized carbons (Fsp3) is 0.250. The molecule has 13 heavy (non-hydrogen) atoms. The smallest absolute Gasteiger partial charge is 0.196 e. The zero-order valence-corrected chi connectivity index (χ0v) is 8.49. The molecule has 0 heterocycles. The third-order valence-corrected chi connectivity index (χ3v) is 3.04. The van der Waals surface area contributed by atoms with E-state index in [9.17, 15) is 13.2 Å². The van der Waals surface area contributed by atoms with E-state index in [0.717, 1.165) is 11.8 Å². The number of halogens is 4. The van der Waals surface area contributed by atoms with Gasteiger partial charge in [-0.25, -0.2) is 13.2 Å². The predicted molar refractivity (Wildman–Crippen MR) is 47.8 cm³/mol. The molecule has 0 radical (unpaired) electrons. The van der Waals surface area contributed by atoms with E-state index < -0.39 is 17.5 Å². The average Bonchev–Trinajstić information content (AvgIpc) is 2.13. The Bertz CT molecular complexity index is 323. The minimum Gasteiger partial charge on any atom is -0.203 e. The monoisotopic (exact) mass is 226 g/mol. The van der Waals surface area contributed by atoms with Crippen molar-refractivity contribution in [3.63, 3.8) is 0 Å². The second-order valence-electron chi connectivity index (χ2n) is 2.41. The van der Waals surface area contributed by atoms with Gasteiger partial charge in [-0.3, -0.25) is 0 Å². The van der Waals surface area contributed by atoms with E-state index in [-0.39, 0.29) is 15.5 Å². The largest absolute Gasteiger partial charge is 0.203 e. The Hall–Kier alpha value is -0.350. The normalized spacial score (nSPS) is 10.6. The zero-order valence-electron chi connectivity index (χ0n) is 6.92. The minimum atomic E-state index is -1.51. The molecular weight excluding hydrogens is 221 g/mol. The van der Waals surface area contributed by atoms with Crippen LogP contribution >= 0.6 is 23.4 Å². The lowest BCUT2D eigenvalue weighted by atomic mass is 10.2. The van der Waals surface area contributed by atoms with Crippen molar-refractivity contribution in [3.05, 3.63) is 28.0 Å². The third-order valence-electron chi connectivity index (χ3n) is 1.65. The Labute approximate surface area is 83.1 Å². The number of rotatable bonds is 1. The Balaban J connectivity index is 3.56. The van der Waals surface area contributed by atoms with Gasteiger partial charge in [-0.2, -0.15) is 0 Å². The van der Waals surface area contributed by atoms with Gasteiger partial charge >= 0.3 is 0 Å². The van der Waals surface area contributed by atoms with Crippen LogP contribution in [0.4, 0.5) is 13.2 Å². The maximum absolute atomic E-state index is 12.9. The van der Waals surface area contributed by atoms with Crippen LogP contribution in [0.1, 0.15) is 5.56 Å². The average molecular weight is 227 g/mol. The van der Waals surface area contributed by atoms with E-state index in [0.29, 0.717) is 0 Å². The van der Waals surface area contributed by atoms with E-state index in [4.69, 9.17) is 11.6 Å². The predicted octanol–water partition coefficient (Wildman–Crippen LogP) is 3.79. The van der Waals surface area contributed by atoms with Crippen molar-refractivity contribution in [1.82, 2.24) is 0 Å². The summed E-state index contributed by atoms with van der Waals surface area (Å²) in [6.45, 7) is 1.36. The zero-order chi connectivity index (χ0) is 10.2. The first-order valence-electron chi connectivity index (χ1n) is 3.37. The minimum absolute atomic E-state index is 0.0383. The van der Waals surface area contributed by atoms with Gasteiger partial charge in [0, 0.05) is 10.5 Å². The molecule has 0 bridgehead atoms. The molecule has 0 atom stereocenters.